The Balaban J connectivity index is 1.71. The quantitative estimate of drug-likeness (QED) is 0.685. The van der Waals surface area contributed by atoms with Crippen LogP contribution in [0.15, 0.2) is 47.4 Å². The molecule has 0 saturated carbocycles. The van der Waals surface area contributed by atoms with Gasteiger partial charge in [-0.25, -0.2) is 8.42 Å². The van der Waals surface area contributed by atoms with Crippen molar-refractivity contribution < 1.29 is 18.0 Å². The lowest BCUT2D eigenvalue weighted by Crippen LogP contribution is -2.42. The summed E-state index contributed by atoms with van der Waals surface area (Å²) in [6, 6.07) is 11.6. The lowest BCUT2D eigenvalue weighted by molar-refractivity contribution is 0.0951. The van der Waals surface area contributed by atoms with Crippen molar-refractivity contribution >= 4 is 21.8 Å². The second kappa shape index (κ2) is 9.62. The van der Waals surface area contributed by atoms with Crippen molar-refractivity contribution in [1.82, 2.24) is 9.62 Å². The first-order valence-corrected chi connectivity index (χ1v) is 11.9. The fourth-order valence-corrected chi connectivity index (χ4v) is 5.59. The first-order chi connectivity index (χ1) is 14.7. The summed E-state index contributed by atoms with van der Waals surface area (Å²) < 4.78 is 27.8. The molecule has 1 aliphatic heterocycles. The average molecular weight is 444 g/mol. The van der Waals surface area contributed by atoms with E-state index in [1.165, 1.54) is 10.4 Å². The standard InChI is InChI=1S/C23H29N3O4S/c1-16-9-10-20(31(29,30)26-13-4-3-6-17(26)2)15-21(16)23(28)25-12-11-18-7-5-8-19(14-18)22(24)27/h5,7-10,14-15,17H,3-4,6,11-13H2,1-2H3,(H2,24,27)(H,25,28). The van der Waals surface area contributed by atoms with Crippen LogP contribution in [-0.2, 0) is 16.4 Å². The molecule has 2 aromatic rings. The van der Waals surface area contributed by atoms with E-state index in [4.69, 9.17) is 5.73 Å². The molecule has 2 amide bonds. The third kappa shape index (κ3) is 5.32. The van der Waals surface area contributed by atoms with Gasteiger partial charge >= 0.3 is 0 Å². The lowest BCUT2D eigenvalue weighted by atomic mass is 10.1. The maximum absolute atomic E-state index is 13.1. The average Bonchev–Trinajstić information content (AvgIpc) is 2.74. The van der Waals surface area contributed by atoms with Crippen molar-refractivity contribution in [2.75, 3.05) is 13.1 Å². The first kappa shape index (κ1) is 23.0. The zero-order valence-electron chi connectivity index (χ0n) is 17.9. The van der Waals surface area contributed by atoms with Crippen LogP contribution in [0, 0.1) is 6.92 Å². The van der Waals surface area contributed by atoms with Crippen LogP contribution in [0.5, 0.6) is 0 Å². The zero-order valence-corrected chi connectivity index (χ0v) is 18.7. The van der Waals surface area contributed by atoms with Crippen molar-refractivity contribution in [3.05, 3.63) is 64.7 Å². The molecule has 1 atom stereocenters. The Kier molecular flexibility index (Phi) is 7.12. The van der Waals surface area contributed by atoms with Gasteiger partial charge in [0.05, 0.1) is 4.90 Å². The van der Waals surface area contributed by atoms with E-state index in [0.29, 0.717) is 36.2 Å². The molecule has 1 saturated heterocycles. The molecular formula is C23H29N3O4S. The van der Waals surface area contributed by atoms with E-state index in [1.807, 2.05) is 13.0 Å². The molecule has 3 rings (SSSR count). The van der Waals surface area contributed by atoms with Crippen molar-refractivity contribution in [3.8, 4) is 0 Å². The number of carbonyl (C=O) groups excluding carboxylic acids is 2. The molecule has 0 aromatic heterocycles. The Morgan fingerprint density at radius 2 is 1.94 bits per heavy atom. The first-order valence-electron chi connectivity index (χ1n) is 10.5. The molecule has 1 fully saturated rings. The summed E-state index contributed by atoms with van der Waals surface area (Å²) >= 11 is 0. The van der Waals surface area contributed by atoms with Crippen molar-refractivity contribution in [3.63, 3.8) is 0 Å². The van der Waals surface area contributed by atoms with Gasteiger partial charge in [-0.2, -0.15) is 4.31 Å². The van der Waals surface area contributed by atoms with Gasteiger partial charge in [-0.3, -0.25) is 9.59 Å². The van der Waals surface area contributed by atoms with E-state index in [9.17, 15) is 18.0 Å². The molecule has 3 N–H and O–H groups in total. The number of hydrogen-bond acceptors (Lipinski definition) is 4. The number of nitrogens with two attached hydrogens (primary N) is 1. The zero-order chi connectivity index (χ0) is 22.6. The van der Waals surface area contributed by atoms with Gasteiger partial charge in [-0.15, -0.1) is 0 Å². The number of benzene rings is 2. The SMILES string of the molecule is Cc1ccc(S(=O)(=O)N2CCCCC2C)cc1C(=O)NCCc1cccc(C(N)=O)c1. The molecule has 7 nitrogen and oxygen atoms in total. The van der Waals surface area contributed by atoms with Gasteiger partial charge in [0.2, 0.25) is 15.9 Å². The predicted octanol–water partition coefficient (Wildman–Crippen LogP) is 2.63. The number of sulfonamides is 1. The smallest absolute Gasteiger partial charge is 0.251 e. The molecule has 0 spiro atoms. The fourth-order valence-electron chi connectivity index (χ4n) is 3.87. The Morgan fingerprint density at radius 1 is 1.16 bits per heavy atom. The van der Waals surface area contributed by atoms with E-state index < -0.39 is 15.9 Å². The predicted molar refractivity (Wildman–Crippen MR) is 119 cm³/mol. The number of nitrogens with zero attached hydrogens (tertiary/aromatic N) is 1. The van der Waals surface area contributed by atoms with Crippen molar-refractivity contribution in [2.24, 2.45) is 5.73 Å². The normalized spacial score (nSPS) is 17.3. The van der Waals surface area contributed by atoms with Gasteiger partial charge in [0.1, 0.15) is 0 Å². The van der Waals surface area contributed by atoms with E-state index in [-0.39, 0.29) is 16.8 Å². The summed E-state index contributed by atoms with van der Waals surface area (Å²) in [5, 5.41) is 2.84. The minimum Gasteiger partial charge on any atom is -0.366 e. The number of rotatable bonds is 7. The van der Waals surface area contributed by atoms with Crippen LogP contribution in [0.4, 0.5) is 0 Å². The molecule has 0 aliphatic carbocycles. The van der Waals surface area contributed by atoms with Crippen LogP contribution in [0.2, 0.25) is 0 Å². The van der Waals surface area contributed by atoms with Gasteiger partial charge in [-0.1, -0.05) is 24.6 Å². The van der Waals surface area contributed by atoms with E-state index in [2.05, 4.69) is 5.32 Å². The van der Waals surface area contributed by atoms with Gasteiger partial charge in [0.25, 0.3) is 5.91 Å². The summed E-state index contributed by atoms with van der Waals surface area (Å²) in [5.74, 6) is -0.824. The molecular weight excluding hydrogens is 414 g/mol. The molecule has 1 aliphatic rings. The molecule has 0 radical (unpaired) electrons. The topological polar surface area (TPSA) is 110 Å². The number of carbonyl (C=O) groups is 2. The summed E-state index contributed by atoms with van der Waals surface area (Å²) in [4.78, 5) is 24.2. The highest BCUT2D eigenvalue weighted by Gasteiger charge is 2.31. The van der Waals surface area contributed by atoms with Crippen LogP contribution >= 0.6 is 0 Å². The van der Waals surface area contributed by atoms with Crippen molar-refractivity contribution in [1.29, 1.82) is 0 Å². The molecule has 0 bridgehead atoms. The van der Waals surface area contributed by atoms with Gasteiger partial charge in [0.15, 0.2) is 0 Å². The van der Waals surface area contributed by atoms with E-state index in [1.54, 1.807) is 37.3 Å². The highest BCUT2D eigenvalue weighted by molar-refractivity contribution is 7.89. The third-order valence-electron chi connectivity index (χ3n) is 5.71. The van der Waals surface area contributed by atoms with Crippen LogP contribution in [0.3, 0.4) is 0 Å². The third-order valence-corrected chi connectivity index (χ3v) is 7.72. The highest BCUT2D eigenvalue weighted by atomic mass is 32.2. The summed E-state index contributed by atoms with van der Waals surface area (Å²) in [6.45, 7) is 4.56. The van der Waals surface area contributed by atoms with Gasteiger partial charge in [-0.05, 0) is 68.5 Å². The molecule has 1 unspecified atom stereocenters. The number of amides is 2. The van der Waals surface area contributed by atoms with Crippen LogP contribution in [0.25, 0.3) is 0 Å². The molecule has 2 aromatic carbocycles. The number of hydrogen-bond donors (Lipinski definition) is 2. The Morgan fingerprint density at radius 3 is 2.65 bits per heavy atom. The van der Waals surface area contributed by atoms with Crippen molar-refractivity contribution in [2.45, 2.75) is 50.5 Å². The fraction of sp³-hybridized carbons (Fsp3) is 0.391. The number of piperidine rings is 1. The largest absolute Gasteiger partial charge is 0.366 e. The van der Waals surface area contributed by atoms with E-state index in [0.717, 1.165) is 24.8 Å². The maximum Gasteiger partial charge on any atom is 0.251 e. The Hall–Kier alpha value is -2.71. The van der Waals surface area contributed by atoms with Gasteiger partial charge < -0.3 is 11.1 Å². The molecule has 166 valence electrons. The minimum atomic E-state index is -3.65. The summed E-state index contributed by atoms with van der Waals surface area (Å²) in [7, 11) is -3.65. The van der Waals surface area contributed by atoms with Gasteiger partial charge in [0, 0.05) is 30.3 Å². The minimum absolute atomic E-state index is 0.0477. The number of nitrogens with one attached hydrogen (secondary N) is 1. The second-order valence-electron chi connectivity index (χ2n) is 8.01. The van der Waals surface area contributed by atoms with Crippen LogP contribution < -0.4 is 11.1 Å². The molecule has 31 heavy (non-hydrogen) atoms. The van der Waals surface area contributed by atoms with Crippen LogP contribution in [0.1, 0.15) is 58.0 Å². The molecule has 1 heterocycles. The number of primary amides is 1. The second-order valence-corrected chi connectivity index (χ2v) is 9.90. The Labute approximate surface area is 183 Å². The number of aryl methyl sites for hydroxylation is 1. The summed E-state index contributed by atoms with van der Waals surface area (Å²) in [6.07, 6.45) is 3.24. The monoisotopic (exact) mass is 443 g/mol. The maximum atomic E-state index is 13.1. The highest BCUT2D eigenvalue weighted by Crippen LogP contribution is 2.26. The van der Waals surface area contributed by atoms with Crippen LogP contribution in [-0.4, -0.2) is 43.7 Å². The lowest BCUT2D eigenvalue weighted by Gasteiger charge is -2.32. The Bertz CT molecular complexity index is 1080. The van der Waals surface area contributed by atoms with E-state index >= 15 is 0 Å². The summed E-state index contributed by atoms with van der Waals surface area (Å²) in [5.41, 5.74) is 7.65. The molecule has 8 heteroatoms.